The Morgan fingerprint density at radius 2 is 1.14 bits per heavy atom. The molecule has 0 aromatic rings. The van der Waals surface area contributed by atoms with Gasteiger partial charge in [-0.15, -0.1) is 0 Å². The van der Waals surface area contributed by atoms with Crippen molar-refractivity contribution in [3.63, 3.8) is 0 Å². The largest absolute Gasteiger partial charge is 0.254 e. The van der Waals surface area contributed by atoms with Gasteiger partial charge in [-0.05, 0) is 17.3 Å². The molecule has 0 aromatic heterocycles. The maximum Gasteiger partial charge on any atom is -0.0112 e. The van der Waals surface area contributed by atoms with Gasteiger partial charge in [-0.2, -0.15) is 0 Å². The minimum atomic E-state index is 0.258. The van der Waals surface area contributed by atoms with E-state index in [1.54, 1.807) is 0 Å². The van der Waals surface area contributed by atoms with Crippen LogP contribution in [0.2, 0.25) is 0 Å². The maximum absolute atomic E-state index is 2.31. The van der Waals surface area contributed by atoms with Crippen molar-refractivity contribution in [1.82, 2.24) is 0 Å². The van der Waals surface area contributed by atoms with E-state index in [2.05, 4.69) is 33.3 Å². The van der Waals surface area contributed by atoms with Gasteiger partial charge in [0.1, 0.15) is 0 Å². The summed E-state index contributed by atoms with van der Waals surface area (Å²) in [6, 6.07) is 0. The van der Waals surface area contributed by atoms with Crippen molar-refractivity contribution in [3.05, 3.63) is 0 Å². The van der Waals surface area contributed by atoms with Gasteiger partial charge in [-0.1, -0.05) is 20.8 Å². The molecule has 0 spiro atoms. The molecule has 0 unspecified atom stereocenters. The third-order valence-electron chi connectivity index (χ3n) is 1.34. The summed E-state index contributed by atoms with van der Waals surface area (Å²) in [7, 11) is 0.258. The van der Waals surface area contributed by atoms with Crippen LogP contribution in [0.3, 0.4) is 0 Å². The van der Waals surface area contributed by atoms with Crippen LogP contribution in [0.25, 0.3) is 0 Å². The Bertz CT molecular complexity index is 49.7. The van der Waals surface area contributed by atoms with Gasteiger partial charge in [0, 0.05) is 0 Å². The monoisotopic (exact) mass is 120 g/mol. The molecule has 0 saturated heterocycles. The number of rotatable bonds is 0. The van der Waals surface area contributed by atoms with E-state index in [4.69, 9.17) is 0 Å². The van der Waals surface area contributed by atoms with E-state index in [9.17, 15) is 0 Å². The first-order chi connectivity index (χ1) is 2.94. The Morgan fingerprint density at radius 1 is 1.00 bits per heavy atom. The average Bonchev–Trinajstić information content (AvgIpc) is 1.31. The average molecular weight is 120 g/mol. The molecule has 0 amide bonds. The van der Waals surface area contributed by atoms with E-state index in [0.717, 1.165) is 0 Å². The number of thiol groups is 1. The Morgan fingerprint density at radius 3 is 1.14 bits per heavy atom. The standard InChI is InChI=1S/C6H16S/c1-6(2,3)7(4)5/h7H,1-5H3. The summed E-state index contributed by atoms with van der Waals surface area (Å²) in [5.74, 6) is 0. The smallest absolute Gasteiger partial charge is 0.0112 e. The van der Waals surface area contributed by atoms with Gasteiger partial charge < -0.3 is 0 Å². The lowest BCUT2D eigenvalue weighted by atomic mass is 10.3. The highest BCUT2D eigenvalue weighted by atomic mass is 32.2. The molecular formula is C6H16S. The molecule has 0 bridgehead atoms. The Hall–Kier alpha value is 0.350. The Balaban J connectivity index is 3.54. The number of hydrogen-bond acceptors (Lipinski definition) is 0. The molecule has 0 aliphatic rings. The van der Waals surface area contributed by atoms with Gasteiger partial charge >= 0.3 is 0 Å². The molecule has 0 nitrogen and oxygen atoms in total. The third-order valence-corrected chi connectivity index (χ3v) is 4.02. The second-order valence-corrected chi connectivity index (χ2v) is 6.20. The lowest BCUT2D eigenvalue weighted by molar-refractivity contribution is 0.799. The van der Waals surface area contributed by atoms with Crippen molar-refractivity contribution in [2.75, 3.05) is 12.5 Å². The zero-order valence-corrected chi connectivity index (χ0v) is 6.84. The molecule has 0 aliphatic carbocycles. The first kappa shape index (κ1) is 7.35. The first-order valence-corrected chi connectivity index (χ1v) is 4.85. The van der Waals surface area contributed by atoms with Crippen molar-refractivity contribution < 1.29 is 0 Å². The van der Waals surface area contributed by atoms with Gasteiger partial charge in [0.2, 0.25) is 0 Å². The van der Waals surface area contributed by atoms with Crippen LogP contribution in [0.4, 0.5) is 0 Å². The highest BCUT2D eigenvalue weighted by Gasteiger charge is 2.10. The highest BCUT2D eigenvalue weighted by molar-refractivity contribution is 8.16. The van der Waals surface area contributed by atoms with E-state index < -0.39 is 0 Å². The highest BCUT2D eigenvalue weighted by Crippen LogP contribution is 2.32. The summed E-state index contributed by atoms with van der Waals surface area (Å²) in [4.78, 5) is 0. The summed E-state index contributed by atoms with van der Waals surface area (Å²) < 4.78 is 0.565. The van der Waals surface area contributed by atoms with Crippen molar-refractivity contribution in [2.45, 2.75) is 25.5 Å². The zero-order valence-electron chi connectivity index (χ0n) is 5.95. The molecule has 7 heavy (non-hydrogen) atoms. The summed E-state index contributed by atoms with van der Waals surface area (Å²) in [5.41, 5.74) is 0. The van der Waals surface area contributed by atoms with Crippen LogP contribution in [0.5, 0.6) is 0 Å². The molecule has 0 aromatic carbocycles. The first-order valence-electron chi connectivity index (χ1n) is 2.62. The third kappa shape index (κ3) is 2.98. The molecule has 0 fully saturated rings. The van der Waals surface area contributed by atoms with E-state index >= 15 is 0 Å². The molecule has 0 heterocycles. The molecule has 1 heteroatoms. The van der Waals surface area contributed by atoms with Gasteiger partial charge in [-0.25, -0.2) is 0 Å². The molecular weight excluding hydrogens is 104 g/mol. The SMILES string of the molecule is C[SH](C)C(C)(C)C. The van der Waals surface area contributed by atoms with E-state index in [0.29, 0.717) is 4.75 Å². The van der Waals surface area contributed by atoms with Crippen LogP contribution in [-0.2, 0) is 0 Å². The van der Waals surface area contributed by atoms with Crippen molar-refractivity contribution in [2.24, 2.45) is 0 Å². The van der Waals surface area contributed by atoms with Crippen molar-refractivity contribution in [1.29, 1.82) is 0 Å². The van der Waals surface area contributed by atoms with Crippen LogP contribution in [0, 0.1) is 0 Å². The van der Waals surface area contributed by atoms with Crippen molar-refractivity contribution in [3.8, 4) is 0 Å². The summed E-state index contributed by atoms with van der Waals surface area (Å²) in [6.07, 6.45) is 4.63. The predicted molar refractivity (Wildman–Crippen MR) is 40.6 cm³/mol. The van der Waals surface area contributed by atoms with Gasteiger partial charge in [-0.3, -0.25) is 10.9 Å². The topological polar surface area (TPSA) is 0 Å². The van der Waals surface area contributed by atoms with Gasteiger partial charge in [0.05, 0.1) is 0 Å². The van der Waals surface area contributed by atoms with Crippen LogP contribution in [0.1, 0.15) is 20.8 Å². The molecule has 46 valence electrons. The summed E-state index contributed by atoms with van der Waals surface area (Å²) in [5, 5.41) is 0. The minimum Gasteiger partial charge on any atom is -0.254 e. The quantitative estimate of drug-likeness (QED) is 0.465. The van der Waals surface area contributed by atoms with Crippen LogP contribution < -0.4 is 0 Å². The van der Waals surface area contributed by atoms with Crippen LogP contribution in [-0.4, -0.2) is 17.3 Å². The second kappa shape index (κ2) is 2.08. The predicted octanol–water partition coefficient (Wildman–Crippen LogP) is 2.05. The fourth-order valence-electron chi connectivity index (χ4n) is 0. The molecule has 0 radical (unpaired) electrons. The molecule has 0 saturated carbocycles. The summed E-state index contributed by atoms with van der Waals surface area (Å²) in [6.45, 7) is 6.87. The van der Waals surface area contributed by atoms with Gasteiger partial charge in [0.25, 0.3) is 0 Å². The molecule has 0 aliphatic heterocycles. The zero-order chi connectivity index (χ0) is 6.08. The maximum atomic E-state index is 2.31. The fraction of sp³-hybridized carbons (Fsp3) is 1.00. The molecule has 0 atom stereocenters. The molecule has 0 rings (SSSR count). The Labute approximate surface area is 49.7 Å². The molecule has 0 N–H and O–H groups in total. The van der Waals surface area contributed by atoms with Gasteiger partial charge in [0.15, 0.2) is 0 Å². The van der Waals surface area contributed by atoms with Crippen LogP contribution in [0.15, 0.2) is 0 Å². The lowest BCUT2D eigenvalue weighted by Crippen LogP contribution is -2.11. The fourth-order valence-corrected chi connectivity index (χ4v) is 0. The number of hydrogen-bond donors (Lipinski definition) is 1. The Kier molecular flexibility index (Phi) is 2.18. The van der Waals surface area contributed by atoms with E-state index in [-0.39, 0.29) is 10.9 Å². The normalized spacial score (nSPS) is 14.1. The van der Waals surface area contributed by atoms with Crippen molar-refractivity contribution >= 4 is 10.9 Å². The second-order valence-electron chi connectivity index (χ2n) is 3.07. The lowest BCUT2D eigenvalue weighted by Gasteiger charge is -2.26. The van der Waals surface area contributed by atoms with E-state index in [1.807, 2.05) is 0 Å². The summed E-state index contributed by atoms with van der Waals surface area (Å²) >= 11 is 0. The van der Waals surface area contributed by atoms with E-state index in [1.165, 1.54) is 0 Å². The minimum absolute atomic E-state index is 0.258. The van der Waals surface area contributed by atoms with Crippen LogP contribution >= 0.6 is 10.9 Å².